The Bertz CT molecular complexity index is 1110. The van der Waals surface area contributed by atoms with Gasteiger partial charge in [0.05, 0.1) is 15.6 Å². The van der Waals surface area contributed by atoms with Crippen LogP contribution in [0.1, 0.15) is 20.5 Å². The third-order valence-corrected chi connectivity index (χ3v) is 7.98. The largest absolute Gasteiger partial charge is 0.338 e. The Morgan fingerprint density at radius 1 is 0.931 bits per heavy atom. The number of H-pyrrole nitrogens is 1. The summed E-state index contributed by atoms with van der Waals surface area (Å²) in [7, 11) is 0. The molecule has 0 radical (unpaired) electrons. The fourth-order valence-corrected chi connectivity index (χ4v) is 6.21. The second kappa shape index (κ2) is 7.97. The predicted molar refractivity (Wildman–Crippen MR) is 124 cm³/mol. The maximum absolute atomic E-state index is 12.6. The number of hydrogen-bond donors (Lipinski definition) is 2. The number of amides is 1. The van der Waals surface area contributed by atoms with Gasteiger partial charge >= 0.3 is 0 Å². The van der Waals surface area contributed by atoms with Gasteiger partial charge in [-0.2, -0.15) is 0 Å². The van der Waals surface area contributed by atoms with Crippen molar-refractivity contribution in [1.82, 2.24) is 9.97 Å². The Labute approximate surface area is 177 Å². The quantitative estimate of drug-likeness (QED) is 0.430. The first kappa shape index (κ1) is 18.3. The van der Waals surface area contributed by atoms with Gasteiger partial charge in [0.15, 0.2) is 0 Å². The van der Waals surface area contributed by atoms with Crippen molar-refractivity contribution in [3.8, 4) is 11.4 Å². The van der Waals surface area contributed by atoms with E-state index in [1.54, 1.807) is 0 Å². The van der Waals surface area contributed by atoms with Crippen molar-refractivity contribution in [2.24, 2.45) is 0 Å². The number of thioether (sulfide) groups is 2. The zero-order valence-corrected chi connectivity index (χ0v) is 17.2. The summed E-state index contributed by atoms with van der Waals surface area (Å²) in [6.45, 7) is 0. The maximum Gasteiger partial charge on any atom is 0.255 e. The summed E-state index contributed by atoms with van der Waals surface area (Å²) in [5.41, 5.74) is 5.65. The van der Waals surface area contributed by atoms with Gasteiger partial charge in [0.2, 0.25) is 0 Å². The molecule has 0 saturated carbocycles. The lowest BCUT2D eigenvalue weighted by Gasteiger charge is -2.10. The minimum atomic E-state index is -0.0974. The number of para-hydroxylation sites is 2. The topological polar surface area (TPSA) is 57.8 Å². The summed E-state index contributed by atoms with van der Waals surface area (Å²) in [6, 6.07) is 23.6. The van der Waals surface area contributed by atoms with Crippen LogP contribution in [0.25, 0.3) is 22.4 Å². The number of hydrogen-bond acceptors (Lipinski definition) is 4. The molecule has 0 unspecified atom stereocenters. The van der Waals surface area contributed by atoms with Crippen molar-refractivity contribution in [3.63, 3.8) is 0 Å². The molecule has 1 aliphatic rings. The molecule has 0 bridgehead atoms. The molecule has 144 valence electrons. The zero-order valence-electron chi connectivity index (χ0n) is 15.6. The number of fused-ring (bicyclic) bond motifs is 1. The summed E-state index contributed by atoms with van der Waals surface area (Å²) in [6.07, 6.45) is 0. The molecule has 1 amide bonds. The lowest BCUT2D eigenvalue weighted by Crippen LogP contribution is -2.11. The van der Waals surface area contributed by atoms with E-state index in [0.29, 0.717) is 10.1 Å². The van der Waals surface area contributed by atoms with Crippen molar-refractivity contribution in [2.75, 3.05) is 16.8 Å². The number of anilines is 1. The molecule has 3 aromatic carbocycles. The molecule has 1 aromatic heterocycles. The molecule has 0 spiro atoms. The van der Waals surface area contributed by atoms with Gasteiger partial charge in [-0.25, -0.2) is 4.98 Å². The molecule has 1 fully saturated rings. The number of nitrogens with one attached hydrogen (secondary N) is 2. The summed E-state index contributed by atoms with van der Waals surface area (Å²) in [5.74, 6) is 3.12. The third-order valence-electron chi connectivity index (χ3n) is 4.87. The first-order valence-electron chi connectivity index (χ1n) is 9.46. The third kappa shape index (κ3) is 3.91. The smallest absolute Gasteiger partial charge is 0.255 e. The van der Waals surface area contributed by atoms with E-state index in [2.05, 4.69) is 27.4 Å². The van der Waals surface area contributed by atoms with E-state index in [1.807, 2.05) is 84.2 Å². The monoisotopic (exact) mass is 417 g/mol. The van der Waals surface area contributed by atoms with E-state index in [1.165, 1.54) is 17.1 Å². The number of carbonyl (C=O) groups excluding carboxylic acids is 1. The van der Waals surface area contributed by atoms with Gasteiger partial charge in [0.1, 0.15) is 5.82 Å². The average Bonchev–Trinajstić information content (AvgIpc) is 3.44. The first-order valence-corrected chi connectivity index (χ1v) is 11.6. The van der Waals surface area contributed by atoms with Crippen LogP contribution in [-0.2, 0) is 0 Å². The van der Waals surface area contributed by atoms with Crippen LogP contribution in [0.5, 0.6) is 0 Å². The van der Waals surface area contributed by atoms with Gasteiger partial charge in [-0.1, -0.05) is 24.3 Å². The van der Waals surface area contributed by atoms with Crippen molar-refractivity contribution in [3.05, 3.63) is 83.9 Å². The minimum Gasteiger partial charge on any atom is -0.338 e. The number of aromatic amines is 1. The van der Waals surface area contributed by atoms with E-state index in [4.69, 9.17) is 0 Å². The van der Waals surface area contributed by atoms with Crippen LogP contribution in [0.4, 0.5) is 5.69 Å². The molecule has 4 aromatic rings. The molecular formula is C23H19N3OS2. The molecule has 2 N–H and O–H groups in total. The second-order valence-electron chi connectivity index (χ2n) is 6.83. The Morgan fingerprint density at radius 2 is 1.66 bits per heavy atom. The van der Waals surface area contributed by atoms with Gasteiger partial charge in [-0.05, 0) is 54.1 Å². The van der Waals surface area contributed by atoms with Crippen molar-refractivity contribution in [2.45, 2.75) is 4.58 Å². The van der Waals surface area contributed by atoms with Crippen LogP contribution >= 0.6 is 23.5 Å². The van der Waals surface area contributed by atoms with Crippen LogP contribution in [0.15, 0.2) is 72.8 Å². The first-order chi connectivity index (χ1) is 14.3. The summed E-state index contributed by atoms with van der Waals surface area (Å²) in [4.78, 5) is 20.5. The van der Waals surface area contributed by atoms with E-state index in [9.17, 15) is 4.79 Å². The van der Waals surface area contributed by atoms with E-state index in [0.717, 1.165) is 28.1 Å². The van der Waals surface area contributed by atoms with Crippen LogP contribution in [0.2, 0.25) is 0 Å². The normalized spacial score (nSPS) is 14.3. The highest BCUT2D eigenvalue weighted by Crippen LogP contribution is 2.45. The standard InChI is InChI=1S/C23H19N3OS2/c27-22(16-5-7-17(8-6-16)23-28-13-14-29-23)24-18-11-9-15(10-12-18)21-25-19-3-1-2-4-20(19)26-21/h1-12,23H,13-14H2,(H,24,27)(H,25,26). The number of nitrogens with zero attached hydrogens (tertiary/aromatic N) is 1. The molecule has 4 nitrogen and oxygen atoms in total. The van der Waals surface area contributed by atoms with Crippen LogP contribution in [-0.4, -0.2) is 27.4 Å². The number of benzene rings is 3. The second-order valence-corrected chi connectivity index (χ2v) is 9.55. The van der Waals surface area contributed by atoms with E-state index >= 15 is 0 Å². The van der Waals surface area contributed by atoms with Gasteiger partial charge < -0.3 is 10.3 Å². The van der Waals surface area contributed by atoms with Crippen LogP contribution < -0.4 is 5.32 Å². The molecule has 2 heterocycles. The maximum atomic E-state index is 12.6. The average molecular weight is 418 g/mol. The van der Waals surface area contributed by atoms with Crippen LogP contribution in [0, 0.1) is 0 Å². The Morgan fingerprint density at radius 3 is 2.38 bits per heavy atom. The van der Waals surface area contributed by atoms with Gasteiger partial charge in [0, 0.05) is 28.3 Å². The molecule has 0 atom stereocenters. The Hall–Kier alpha value is -2.70. The van der Waals surface area contributed by atoms with Gasteiger partial charge in [-0.3, -0.25) is 4.79 Å². The summed E-state index contributed by atoms with van der Waals surface area (Å²) >= 11 is 3.94. The van der Waals surface area contributed by atoms with Crippen molar-refractivity contribution >= 4 is 46.2 Å². The zero-order chi connectivity index (χ0) is 19.6. The minimum absolute atomic E-state index is 0.0974. The Balaban J connectivity index is 1.28. The van der Waals surface area contributed by atoms with Crippen LogP contribution in [0.3, 0.4) is 0 Å². The molecule has 0 aliphatic carbocycles. The highest BCUT2D eigenvalue weighted by atomic mass is 32.2. The van der Waals surface area contributed by atoms with Crippen molar-refractivity contribution in [1.29, 1.82) is 0 Å². The predicted octanol–water partition coefficient (Wildman–Crippen LogP) is 5.96. The summed E-state index contributed by atoms with van der Waals surface area (Å²) < 4.78 is 0.498. The summed E-state index contributed by atoms with van der Waals surface area (Å²) in [5, 5.41) is 2.97. The molecular weight excluding hydrogens is 398 g/mol. The Kier molecular flexibility index (Phi) is 5.04. The lowest BCUT2D eigenvalue weighted by atomic mass is 10.1. The SMILES string of the molecule is O=C(Nc1ccc(-c2nc3ccccc3[nH]2)cc1)c1ccc(C2SCCS2)cc1. The lowest BCUT2D eigenvalue weighted by molar-refractivity contribution is 0.102. The number of imidazole rings is 1. The number of rotatable bonds is 4. The molecule has 1 aliphatic heterocycles. The fraction of sp³-hybridized carbons (Fsp3) is 0.130. The van der Waals surface area contributed by atoms with Crippen molar-refractivity contribution < 1.29 is 4.79 Å². The molecule has 6 heteroatoms. The van der Waals surface area contributed by atoms with Gasteiger partial charge in [-0.15, -0.1) is 23.5 Å². The molecule has 29 heavy (non-hydrogen) atoms. The van der Waals surface area contributed by atoms with E-state index in [-0.39, 0.29) is 5.91 Å². The molecule has 1 saturated heterocycles. The highest BCUT2D eigenvalue weighted by Gasteiger charge is 2.18. The molecule has 5 rings (SSSR count). The number of carbonyl (C=O) groups is 1. The number of aromatic nitrogens is 2. The fourth-order valence-electron chi connectivity index (χ4n) is 3.35. The van der Waals surface area contributed by atoms with Gasteiger partial charge in [0.25, 0.3) is 5.91 Å². The highest BCUT2D eigenvalue weighted by molar-refractivity contribution is 8.19. The van der Waals surface area contributed by atoms with E-state index < -0.39 is 0 Å².